The van der Waals surface area contributed by atoms with Crippen molar-refractivity contribution in [2.45, 2.75) is 26.2 Å². The highest BCUT2D eigenvalue weighted by atomic mass is 16.5. The van der Waals surface area contributed by atoms with Crippen LogP contribution in [-0.2, 0) is 9.53 Å². The highest BCUT2D eigenvalue weighted by Crippen LogP contribution is 2.35. The van der Waals surface area contributed by atoms with Crippen LogP contribution in [0.2, 0.25) is 0 Å². The van der Waals surface area contributed by atoms with Gasteiger partial charge >= 0.3 is 5.97 Å². The number of hydrogen-bond acceptors (Lipinski definition) is 5. The molecule has 29 heavy (non-hydrogen) atoms. The summed E-state index contributed by atoms with van der Waals surface area (Å²) < 4.78 is 5.00. The Morgan fingerprint density at radius 3 is 2.34 bits per heavy atom. The largest absolute Gasteiger partial charge is 0.507 e. The number of esters is 1. The summed E-state index contributed by atoms with van der Waals surface area (Å²) in [5, 5.41) is 23.8. The molecule has 0 saturated carbocycles. The second kappa shape index (κ2) is 8.65. The summed E-state index contributed by atoms with van der Waals surface area (Å²) >= 11 is 0. The molecule has 0 unspecified atom stereocenters. The van der Waals surface area contributed by atoms with E-state index in [9.17, 15) is 19.8 Å². The first-order valence-corrected chi connectivity index (χ1v) is 9.41. The second-order valence-corrected chi connectivity index (χ2v) is 6.89. The Labute approximate surface area is 168 Å². The van der Waals surface area contributed by atoms with Gasteiger partial charge in [0.2, 0.25) is 0 Å². The molecule has 0 radical (unpaired) electrons. The third-order valence-electron chi connectivity index (χ3n) is 4.92. The van der Waals surface area contributed by atoms with Crippen molar-refractivity contribution in [2.75, 3.05) is 11.9 Å². The minimum Gasteiger partial charge on any atom is -0.507 e. The van der Waals surface area contributed by atoms with Crippen molar-refractivity contribution in [1.82, 2.24) is 0 Å². The van der Waals surface area contributed by atoms with E-state index in [0.717, 1.165) is 12.5 Å². The van der Waals surface area contributed by atoms with E-state index >= 15 is 0 Å². The Morgan fingerprint density at radius 1 is 1.03 bits per heavy atom. The third-order valence-corrected chi connectivity index (χ3v) is 4.92. The fourth-order valence-corrected chi connectivity index (χ4v) is 3.03. The Morgan fingerprint density at radius 2 is 1.69 bits per heavy atom. The number of aromatic hydroxyl groups is 2. The van der Waals surface area contributed by atoms with Crippen LogP contribution in [0.3, 0.4) is 0 Å². The fourth-order valence-electron chi connectivity index (χ4n) is 3.03. The average molecular weight is 393 g/mol. The number of hydrogen-bond donors (Lipinski definition) is 3. The lowest BCUT2D eigenvalue weighted by atomic mass is 9.99. The van der Waals surface area contributed by atoms with E-state index in [1.165, 1.54) is 5.56 Å². The summed E-state index contributed by atoms with van der Waals surface area (Å²) in [7, 11) is 0. The molecule has 1 atom stereocenters. The van der Waals surface area contributed by atoms with Crippen molar-refractivity contribution in [1.29, 1.82) is 0 Å². The van der Waals surface area contributed by atoms with Gasteiger partial charge in [0.25, 0.3) is 5.91 Å². The number of amides is 1. The number of benzene rings is 3. The molecule has 3 N–H and O–H groups in total. The zero-order valence-electron chi connectivity index (χ0n) is 16.3. The standard InChI is InChI=1S/C23H23NO5/c1-3-14(2)15-8-10-16(11-9-15)24-21(26)13-29-23(28)19-12-20(25)17-6-4-5-7-18(17)22(19)27/h4-12,14,25,27H,3,13H2,1-2H3,(H,24,26)/t14-/m0/s1. The quantitative estimate of drug-likeness (QED) is 0.421. The molecule has 3 aromatic carbocycles. The van der Waals surface area contributed by atoms with E-state index in [0.29, 0.717) is 22.4 Å². The zero-order chi connectivity index (χ0) is 21.0. The number of carbonyl (C=O) groups is 2. The van der Waals surface area contributed by atoms with Crippen molar-refractivity contribution < 1.29 is 24.5 Å². The molecule has 3 aromatic rings. The van der Waals surface area contributed by atoms with Gasteiger partial charge in [-0.05, 0) is 36.1 Å². The maximum absolute atomic E-state index is 12.3. The monoisotopic (exact) mass is 393 g/mol. The summed E-state index contributed by atoms with van der Waals surface area (Å²) in [5.74, 6) is -1.42. The topological polar surface area (TPSA) is 95.9 Å². The van der Waals surface area contributed by atoms with Crippen LogP contribution in [0.5, 0.6) is 11.5 Å². The van der Waals surface area contributed by atoms with E-state index in [4.69, 9.17) is 4.74 Å². The SMILES string of the molecule is CC[C@H](C)c1ccc(NC(=O)COC(=O)c2cc(O)c3ccccc3c2O)cc1. The lowest BCUT2D eigenvalue weighted by Crippen LogP contribution is -2.21. The Balaban J connectivity index is 1.64. The first-order chi connectivity index (χ1) is 13.9. The molecule has 0 bridgehead atoms. The lowest BCUT2D eigenvalue weighted by Gasteiger charge is -2.11. The Kier molecular flexibility index (Phi) is 6.02. The maximum Gasteiger partial charge on any atom is 0.342 e. The molecule has 0 aliphatic rings. The molecular formula is C23H23NO5. The molecule has 3 rings (SSSR count). The first kappa shape index (κ1) is 20.2. The molecule has 6 heteroatoms. The first-order valence-electron chi connectivity index (χ1n) is 9.41. The highest BCUT2D eigenvalue weighted by molar-refractivity contribution is 6.04. The number of anilines is 1. The molecule has 150 valence electrons. The molecule has 0 aliphatic heterocycles. The van der Waals surface area contributed by atoms with Crippen LogP contribution >= 0.6 is 0 Å². The summed E-state index contributed by atoms with van der Waals surface area (Å²) in [4.78, 5) is 24.4. The van der Waals surface area contributed by atoms with Crippen molar-refractivity contribution in [3.63, 3.8) is 0 Å². The minimum absolute atomic E-state index is 0.156. The molecular weight excluding hydrogens is 370 g/mol. The number of phenolic OH excluding ortho intramolecular Hbond substituents is 2. The van der Waals surface area contributed by atoms with E-state index in [2.05, 4.69) is 19.2 Å². The zero-order valence-corrected chi connectivity index (χ0v) is 16.3. The van der Waals surface area contributed by atoms with Gasteiger partial charge in [-0.25, -0.2) is 4.79 Å². The van der Waals surface area contributed by atoms with Crippen molar-refractivity contribution >= 4 is 28.3 Å². The molecule has 0 spiro atoms. The number of fused-ring (bicyclic) bond motifs is 1. The van der Waals surface area contributed by atoms with Crippen molar-refractivity contribution in [2.24, 2.45) is 0 Å². The molecule has 1 amide bonds. The smallest absolute Gasteiger partial charge is 0.342 e. The van der Waals surface area contributed by atoms with E-state index in [1.54, 1.807) is 36.4 Å². The van der Waals surface area contributed by atoms with E-state index in [-0.39, 0.29) is 17.1 Å². The normalized spacial score (nSPS) is 11.8. The summed E-state index contributed by atoms with van der Waals surface area (Å²) in [6, 6.07) is 15.2. The average Bonchev–Trinajstić information content (AvgIpc) is 2.74. The van der Waals surface area contributed by atoms with Gasteiger partial charge in [-0.3, -0.25) is 4.79 Å². The number of nitrogens with one attached hydrogen (secondary N) is 1. The Bertz CT molecular complexity index is 1040. The van der Waals surface area contributed by atoms with Gasteiger partial charge in [0.15, 0.2) is 6.61 Å². The van der Waals surface area contributed by atoms with Gasteiger partial charge in [-0.15, -0.1) is 0 Å². The van der Waals surface area contributed by atoms with Crippen LogP contribution in [-0.4, -0.2) is 28.7 Å². The van der Waals surface area contributed by atoms with Gasteiger partial charge in [-0.2, -0.15) is 0 Å². The van der Waals surface area contributed by atoms with Crippen molar-refractivity contribution in [3.05, 3.63) is 65.7 Å². The molecule has 0 heterocycles. The molecule has 0 saturated heterocycles. The van der Waals surface area contributed by atoms with E-state index < -0.39 is 18.5 Å². The summed E-state index contributed by atoms with van der Waals surface area (Å²) in [6.45, 7) is 3.73. The van der Waals surface area contributed by atoms with Gasteiger partial charge in [0.1, 0.15) is 17.1 Å². The maximum atomic E-state index is 12.3. The number of rotatable bonds is 6. The highest BCUT2D eigenvalue weighted by Gasteiger charge is 2.19. The second-order valence-electron chi connectivity index (χ2n) is 6.89. The third kappa shape index (κ3) is 4.48. The predicted octanol–water partition coefficient (Wildman–Crippen LogP) is 4.56. The van der Waals surface area contributed by atoms with Gasteiger partial charge < -0.3 is 20.3 Å². The van der Waals surface area contributed by atoms with Crippen LogP contribution in [0.25, 0.3) is 10.8 Å². The minimum atomic E-state index is -0.897. The van der Waals surface area contributed by atoms with Gasteiger partial charge in [0, 0.05) is 16.5 Å². The van der Waals surface area contributed by atoms with Gasteiger partial charge in [0.05, 0.1) is 0 Å². The number of phenols is 2. The molecule has 6 nitrogen and oxygen atoms in total. The van der Waals surface area contributed by atoms with Crippen LogP contribution in [0, 0.1) is 0 Å². The predicted molar refractivity (Wildman–Crippen MR) is 111 cm³/mol. The van der Waals surface area contributed by atoms with Crippen LogP contribution in [0.15, 0.2) is 54.6 Å². The van der Waals surface area contributed by atoms with E-state index in [1.807, 2.05) is 12.1 Å². The van der Waals surface area contributed by atoms with Crippen molar-refractivity contribution in [3.8, 4) is 11.5 Å². The van der Waals surface area contributed by atoms with Crippen LogP contribution < -0.4 is 5.32 Å². The van der Waals surface area contributed by atoms with Crippen LogP contribution in [0.1, 0.15) is 42.1 Å². The molecule has 0 aliphatic carbocycles. The van der Waals surface area contributed by atoms with Gasteiger partial charge in [-0.1, -0.05) is 50.2 Å². The molecule has 0 fully saturated rings. The summed E-state index contributed by atoms with van der Waals surface area (Å²) in [6.07, 6.45) is 1.03. The lowest BCUT2D eigenvalue weighted by molar-refractivity contribution is -0.119. The Hall–Kier alpha value is -3.54. The molecule has 0 aromatic heterocycles. The summed E-state index contributed by atoms with van der Waals surface area (Å²) in [5.41, 5.74) is 1.58. The number of ether oxygens (including phenoxy) is 1. The number of carbonyl (C=O) groups excluding carboxylic acids is 2. The fraction of sp³-hybridized carbons (Fsp3) is 0.217. The van der Waals surface area contributed by atoms with Crippen LogP contribution in [0.4, 0.5) is 5.69 Å².